The second-order valence-corrected chi connectivity index (χ2v) is 5.27. The van der Waals surface area contributed by atoms with E-state index in [1.807, 2.05) is 19.1 Å². The van der Waals surface area contributed by atoms with Crippen LogP contribution >= 0.6 is 0 Å². The molecule has 1 saturated heterocycles. The van der Waals surface area contributed by atoms with Gasteiger partial charge in [-0.15, -0.1) is 0 Å². The Bertz CT molecular complexity index is 537. The number of carbonyl (C=O) groups excluding carboxylic acids is 2. The molecule has 0 radical (unpaired) electrons. The normalized spacial score (nSPS) is 15.6. The summed E-state index contributed by atoms with van der Waals surface area (Å²) in [7, 11) is 1.37. The average Bonchev–Trinajstić information content (AvgIpc) is 2.49. The van der Waals surface area contributed by atoms with Crippen LogP contribution in [-0.4, -0.2) is 43.1 Å². The molecule has 6 nitrogen and oxygen atoms in total. The lowest BCUT2D eigenvalue weighted by atomic mass is 10.0. The predicted octanol–water partition coefficient (Wildman–Crippen LogP) is 1.74. The number of urea groups is 1. The van der Waals surface area contributed by atoms with Crippen molar-refractivity contribution in [3.8, 4) is 0 Å². The molecule has 0 unspecified atom stereocenters. The van der Waals surface area contributed by atoms with E-state index in [1.54, 1.807) is 11.0 Å². The first kappa shape index (κ1) is 15.2. The van der Waals surface area contributed by atoms with E-state index in [9.17, 15) is 9.59 Å². The number of hydrogen-bond donors (Lipinski definition) is 2. The van der Waals surface area contributed by atoms with Crippen molar-refractivity contribution in [2.24, 2.45) is 5.73 Å². The summed E-state index contributed by atoms with van der Waals surface area (Å²) in [6.45, 7) is 3.30. The molecule has 0 aromatic heterocycles. The van der Waals surface area contributed by atoms with Gasteiger partial charge < -0.3 is 20.7 Å². The number of likely N-dealkylation sites (tertiary alicyclic amines) is 1. The summed E-state index contributed by atoms with van der Waals surface area (Å²) in [5, 5.41) is 3.46. The third-order valence-electron chi connectivity index (χ3n) is 3.81. The van der Waals surface area contributed by atoms with Crippen LogP contribution in [0.3, 0.4) is 0 Å². The van der Waals surface area contributed by atoms with Crippen molar-refractivity contribution in [3.63, 3.8) is 0 Å². The van der Waals surface area contributed by atoms with Gasteiger partial charge in [-0.3, -0.25) is 0 Å². The molecule has 2 amide bonds. The van der Waals surface area contributed by atoms with Gasteiger partial charge in [0.15, 0.2) is 0 Å². The number of esters is 1. The Morgan fingerprint density at radius 3 is 2.52 bits per heavy atom. The van der Waals surface area contributed by atoms with Crippen LogP contribution in [0.1, 0.15) is 28.8 Å². The summed E-state index contributed by atoms with van der Waals surface area (Å²) < 4.78 is 4.71. The smallest absolute Gasteiger partial charge is 0.337 e. The Morgan fingerprint density at radius 2 is 2.00 bits per heavy atom. The number of methoxy groups -OCH3 is 1. The summed E-state index contributed by atoms with van der Waals surface area (Å²) in [6, 6.07) is 5.41. The van der Waals surface area contributed by atoms with Crippen molar-refractivity contribution >= 4 is 17.7 Å². The Labute approximate surface area is 124 Å². The maximum absolute atomic E-state index is 11.5. The quantitative estimate of drug-likeness (QED) is 0.831. The zero-order valence-electron chi connectivity index (χ0n) is 12.4. The first-order valence-corrected chi connectivity index (χ1v) is 7.01. The zero-order chi connectivity index (χ0) is 15.4. The van der Waals surface area contributed by atoms with Crippen LogP contribution in [0.25, 0.3) is 0 Å². The molecule has 21 heavy (non-hydrogen) atoms. The summed E-state index contributed by atoms with van der Waals surface area (Å²) >= 11 is 0. The maximum atomic E-state index is 11.5. The van der Waals surface area contributed by atoms with Crippen molar-refractivity contribution < 1.29 is 14.3 Å². The number of amides is 2. The maximum Gasteiger partial charge on any atom is 0.337 e. The minimum absolute atomic E-state index is 0.309. The number of hydrogen-bond acceptors (Lipinski definition) is 4. The molecular weight excluding hydrogens is 270 g/mol. The number of nitrogens with two attached hydrogens (primary N) is 1. The SMILES string of the molecule is COC(=O)c1ccc(NC2CCN(C(N)=O)CC2)c(C)c1. The minimum atomic E-state index is -0.355. The summed E-state index contributed by atoms with van der Waals surface area (Å²) in [5.41, 5.74) is 7.81. The first-order chi connectivity index (χ1) is 10.0. The molecule has 1 heterocycles. The van der Waals surface area contributed by atoms with E-state index in [2.05, 4.69) is 5.32 Å². The number of piperidine rings is 1. The van der Waals surface area contributed by atoms with Gasteiger partial charge in [-0.05, 0) is 43.5 Å². The fraction of sp³-hybridized carbons (Fsp3) is 0.467. The van der Waals surface area contributed by atoms with Gasteiger partial charge >= 0.3 is 12.0 Å². The van der Waals surface area contributed by atoms with E-state index in [-0.39, 0.29) is 12.0 Å². The van der Waals surface area contributed by atoms with Crippen LogP contribution in [0.4, 0.5) is 10.5 Å². The lowest BCUT2D eigenvalue weighted by molar-refractivity contribution is 0.0600. The highest BCUT2D eigenvalue weighted by Crippen LogP contribution is 2.21. The number of anilines is 1. The van der Waals surface area contributed by atoms with Crippen LogP contribution in [-0.2, 0) is 4.74 Å². The van der Waals surface area contributed by atoms with Crippen LogP contribution in [0, 0.1) is 6.92 Å². The third kappa shape index (κ3) is 3.65. The summed E-state index contributed by atoms with van der Waals surface area (Å²) in [5.74, 6) is -0.334. The van der Waals surface area contributed by atoms with Gasteiger partial charge in [-0.1, -0.05) is 0 Å². The Balaban J connectivity index is 1.98. The highest BCUT2D eigenvalue weighted by atomic mass is 16.5. The van der Waals surface area contributed by atoms with Crippen molar-refractivity contribution in [1.82, 2.24) is 4.90 Å². The van der Waals surface area contributed by atoms with Crippen LogP contribution < -0.4 is 11.1 Å². The number of benzene rings is 1. The molecule has 1 aliphatic heterocycles. The highest BCUT2D eigenvalue weighted by molar-refractivity contribution is 5.90. The molecule has 114 valence electrons. The molecule has 0 saturated carbocycles. The number of aryl methyl sites for hydroxylation is 1. The molecule has 1 fully saturated rings. The Kier molecular flexibility index (Phi) is 4.67. The Hall–Kier alpha value is -2.24. The number of ether oxygens (including phenoxy) is 1. The second kappa shape index (κ2) is 6.47. The number of rotatable bonds is 3. The van der Waals surface area contributed by atoms with Crippen LogP contribution in [0.15, 0.2) is 18.2 Å². The van der Waals surface area contributed by atoms with Crippen LogP contribution in [0.2, 0.25) is 0 Å². The molecule has 2 rings (SSSR count). The fourth-order valence-electron chi connectivity index (χ4n) is 2.53. The number of carbonyl (C=O) groups is 2. The first-order valence-electron chi connectivity index (χ1n) is 7.01. The number of nitrogens with one attached hydrogen (secondary N) is 1. The molecular formula is C15H21N3O3. The highest BCUT2D eigenvalue weighted by Gasteiger charge is 2.21. The molecule has 1 aromatic rings. The van der Waals surface area contributed by atoms with Gasteiger partial charge in [0.1, 0.15) is 0 Å². The number of primary amides is 1. The zero-order valence-corrected chi connectivity index (χ0v) is 12.4. The molecule has 0 atom stereocenters. The van der Waals surface area contributed by atoms with Gasteiger partial charge in [-0.25, -0.2) is 9.59 Å². The van der Waals surface area contributed by atoms with E-state index < -0.39 is 0 Å². The second-order valence-electron chi connectivity index (χ2n) is 5.27. The van der Waals surface area contributed by atoms with Gasteiger partial charge in [0.2, 0.25) is 0 Å². The number of nitrogens with zero attached hydrogens (tertiary/aromatic N) is 1. The Morgan fingerprint density at radius 1 is 1.33 bits per heavy atom. The molecule has 6 heteroatoms. The van der Waals surface area contributed by atoms with E-state index in [0.29, 0.717) is 24.7 Å². The standard InChI is InChI=1S/C15H21N3O3/c1-10-9-11(14(19)21-2)3-4-13(10)17-12-5-7-18(8-6-12)15(16)20/h3-4,9,12,17H,5-8H2,1-2H3,(H2,16,20). The summed E-state index contributed by atoms with van der Waals surface area (Å²) in [6.07, 6.45) is 1.72. The predicted molar refractivity (Wildman–Crippen MR) is 80.3 cm³/mol. The fourth-order valence-corrected chi connectivity index (χ4v) is 2.53. The minimum Gasteiger partial charge on any atom is -0.465 e. The molecule has 0 bridgehead atoms. The van der Waals surface area contributed by atoms with Gasteiger partial charge in [0.25, 0.3) is 0 Å². The molecule has 1 aromatic carbocycles. The average molecular weight is 291 g/mol. The molecule has 3 N–H and O–H groups in total. The molecule has 0 spiro atoms. The molecule has 1 aliphatic rings. The summed E-state index contributed by atoms with van der Waals surface area (Å²) in [4.78, 5) is 24.2. The van der Waals surface area contributed by atoms with E-state index in [4.69, 9.17) is 10.5 Å². The van der Waals surface area contributed by atoms with E-state index in [1.165, 1.54) is 7.11 Å². The lowest BCUT2D eigenvalue weighted by Gasteiger charge is -2.32. The monoisotopic (exact) mass is 291 g/mol. The largest absolute Gasteiger partial charge is 0.465 e. The lowest BCUT2D eigenvalue weighted by Crippen LogP contribution is -2.44. The van der Waals surface area contributed by atoms with Crippen molar-refractivity contribution in [1.29, 1.82) is 0 Å². The van der Waals surface area contributed by atoms with E-state index in [0.717, 1.165) is 24.1 Å². The van der Waals surface area contributed by atoms with Gasteiger partial charge in [-0.2, -0.15) is 0 Å². The van der Waals surface area contributed by atoms with Gasteiger partial charge in [0, 0.05) is 24.8 Å². The van der Waals surface area contributed by atoms with Crippen molar-refractivity contribution in [3.05, 3.63) is 29.3 Å². The van der Waals surface area contributed by atoms with E-state index >= 15 is 0 Å². The third-order valence-corrected chi connectivity index (χ3v) is 3.81. The van der Waals surface area contributed by atoms with Gasteiger partial charge in [0.05, 0.1) is 12.7 Å². The molecule has 0 aliphatic carbocycles. The van der Waals surface area contributed by atoms with Crippen molar-refractivity contribution in [2.75, 3.05) is 25.5 Å². The van der Waals surface area contributed by atoms with Crippen LogP contribution in [0.5, 0.6) is 0 Å². The van der Waals surface area contributed by atoms with Crippen molar-refractivity contribution in [2.45, 2.75) is 25.8 Å². The topological polar surface area (TPSA) is 84.7 Å².